The SMILES string of the molecule is CN(C)C1[C@@H]2CC[C@H]1CN(Cc1ccccc1C(=O)O)C2. The van der Waals surface area contributed by atoms with Crippen molar-refractivity contribution in [3.8, 4) is 0 Å². The molecule has 0 radical (unpaired) electrons. The zero-order chi connectivity index (χ0) is 15.0. The molecule has 1 saturated heterocycles. The molecule has 3 atom stereocenters. The lowest BCUT2D eigenvalue weighted by molar-refractivity contribution is 0.0668. The van der Waals surface area contributed by atoms with E-state index >= 15 is 0 Å². The van der Waals surface area contributed by atoms with Crippen LogP contribution in [0.25, 0.3) is 0 Å². The number of nitrogens with zero attached hydrogens (tertiary/aromatic N) is 2. The van der Waals surface area contributed by atoms with Crippen molar-refractivity contribution in [3.05, 3.63) is 35.4 Å². The summed E-state index contributed by atoms with van der Waals surface area (Å²) in [5.74, 6) is 0.642. The summed E-state index contributed by atoms with van der Waals surface area (Å²) in [5.41, 5.74) is 1.38. The van der Waals surface area contributed by atoms with Crippen molar-refractivity contribution < 1.29 is 9.90 Å². The Morgan fingerprint density at radius 2 is 1.86 bits per heavy atom. The van der Waals surface area contributed by atoms with Crippen molar-refractivity contribution >= 4 is 5.97 Å². The number of carboxylic acids is 1. The summed E-state index contributed by atoms with van der Waals surface area (Å²) in [6, 6.07) is 8.09. The first-order chi connectivity index (χ1) is 10.1. The lowest BCUT2D eigenvalue weighted by Gasteiger charge is -2.41. The van der Waals surface area contributed by atoms with Gasteiger partial charge in [0.05, 0.1) is 5.56 Å². The van der Waals surface area contributed by atoms with Gasteiger partial charge in [-0.2, -0.15) is 0 Å². The number of carbonyl (C=O) groups is 1. The molecule has 0 spiro atoms. The predicted octanol–water partition coefficient (Wildman–Crippen LogP) is 2.16. The first-order valence-corrected chi connectivity index (χ1v) is 7.76. The van der Waals surface area contributed by atoms with Gasteiger partial charge in [-0.15, -0.1) is 0 Å². The molecule has 1 aliphatic carbocycles. The summed E-state index contributed by atoms with van der Waals surface area (Å²) in [6.07, 6.45) is 2.62. The molecular formula is C17H24N2O2. The number of hydrogen-bond acceptors (Lipinski definition) is 3. The summed E-state index contributed by atoms with van der Waals surface area (Å²) >= 11 is 0. The third kappa shape index (κ3) is 2.83. The number of rotatable bonds is 4. The van der Waals surface area contributed by atoms with E-state index < -0.39 is 5.97 Å². The molecule has 21 heavy (non-hydrogen) atoms. The van der Waals surface area contributed by atoms with Gasteiger partial charge in [-0.3, -0.25) is 4.90 Å². The Hall–Kier alpha value is -1.39. The Labute approximate surface area is 126 Å². The largest absolute Gasteiger partial charge is 0.478 e. The first-order valence-electron chi connectivity index (χ1n) is 7.76. The van der Waals surface area contributed by atoms with Gasteiger partial charge in [0.15, 0.2) is 0 Å². The van der Waals surface area contributed by atoms with Crippen LogP contribution in [-0.2, 0) is 6.54 Å². The fourth-order valence-corrected chi connectivity index (χ4v) is 4.37. The smallest absolute Gasteiger partial charge is 0.336 e. The van der Waals surface area contributed by atoms with Crippen LogP contribution in [0, 0.1) is 11.8 Å². The number of hydrogen-bond donors (Lipinski definition) is 1. The minimum atomic E-state index is -0.822. The number of carboxylic acid groups (broad SMARTS) is 1. The Morgan fingerprint density at radius 3 is 2.43 bits per heavy atom. The molecule has 1 N–H and O–H groups in total. The van der Waals surface area contributed by atoms with Gasteiger partial charge >= 0.3 is 5.97 Å². The Kier molecular flexibility index (Phi) is 4.00. The van der Waals surface area contributed by atoms with Crippen LogP contribution in [0.2, 0.25) is 0 Å². The summed E-state index contributed by atoms with van der Waals surface area (Å²) in [4.78, 5) is 16.1. The molecular weight excluding hydrogens is 264 g/mol. The molecule has 4 heteroatoms. The summed E-state index contributed by atoms with van der Waals surface area (Å²) in [5, 5.41) is 9.30. The second-order valence-electron chi connectivity index (χ2n) is 6.71. The van der Waals surface area contributed by atoms with E-state index in [9.17, 15) is 9.90 Å². The van der Waals surface area contributed by atoms with Gasteiger partial charge in [0, 0.05) is 25.7 Å². The Morgan fingerprint density at radius 1 is 1.24 bits per heavy atom. The first kappa shape index (κ1) is 14.5. The van der Waals surface area contributed by atoms with Gasteiger partial charge in [0.25, 0.3) is 0 Å². The fraction of sp³-hybridized carbons (Fsp3) is 0.588. The molecule has 2 bridgehead atoms. The minimum absolute atomic E-state index is 0.444. The number of fused-ring (bicyclic) bond motifs is 2. The summed E-state index contributed by atoms with van der Waals surface area (Å²) < 4.78 is 0. The van der Waals surface area contributed by atoms with Crippen molar-refractivity contribution in [1.29, 1.82) is 0 Å². The van der Waals surface area contributed by atoms with E-state index in [0.29, 0.717) is 11.6 Å². The van der Waals surface area contributed by atoms with Crippen molar-refractivity contribution in [2.75, 3.05) is 27.2 Å². The van der Waals surface area contributed by atoms with E-state index in [-0.39, 0.29) is 0 Å². The van der Waals surface area contributed by atoms with Gasteiger partial charge in [-0.05, 0) is 50.4 Å². The van der Waals surface area contributed by atoms with E-state index in [2.05, 4.69) is 23.9 Å². The Bertz CT molecular complexity index is 515. The van der Waals surface area contributed by atoms with Crippen molar-refractivity contribution in [2.24, 2.45) is 11.8 Å². The average molecular weight is 288 g/mol. The van der Waals surface area contributed by atoms with Crippen LogP contribution in [-0.4, -0.2) is 54.1 Å². The van der Waals surface area contributed by atoms with E-state index in [0.717, 1.165) is 37.0 Å². The van der Waals surface area contributed by atoms with E-state index in [1.165, 1.54) is 12.8 Å². The normalized spacial score (nSPS) is 29.0. The van der Waals surface area contributed by atoms with E-state index in [1.807, 2.05) is 12.1 Å². The maximum Gasteiger partial charge on any atom is 0.336 e. The van der Waals surface area contributed by atoms with Crippen LogP contribution < -0.4 is 0 Å². The highest BCUT2D eigenvalue weighted by atomic mass is 16.4. The number of piperidine rings is 1. The van der Waals surface area contributed by atoms with Gasteiger partial charge < -0.3 is 10.0 Å². The maximum absolute atomic E-state index is 11.3. The molecule has 1 aromatic rings. The highest BCUT2D eigenvalue weighted by molar-refractivity contribution is 5.89. The number of aromatic carboxylic acids is 1. The Balaban J connectivity index is 1.73. The van der Waals surface area contributed by atoms with Gasteiger partial charge in [0.1, 0.15) is 0 Å². The quantitative estimate of drug-likeness (QED) is 0.922. The van der Waals surface area contributed by atoms with Crippen molar-refractivity contribution in [2.45, 2.75) is 25.4 Å². The van der Waals surface area contributed by atoms with Crippen LogP contribution in [0.3, 0.4) is 0 Å². The third-order valence-electron chi connectivity index (χ3n) is 5.10. The highest BCUT2D eigenvalue weighted by Gasteiger charge is 2.42. The fourth-order valence-electron chi connectivity index (χ4n) is 4.37. The van der Waals surface area contributed by atoms with Gasteiger partial charge in [-0.1, -0.05) is 18.2 Å². The molecule has 0 aromatic heterocycles. The molecule has 1 aliphatic heterocycles. The van der Waals surface area contributed by atoms with Crippen LogP contribution in [0.15, 0.2) is 24.3 Å². The number of likely N-dealkylation sites (tertiary alicyclic amines) is 1. The zero-order valence-corrected chi connectivity index (χ0v) is 12.8. The van der Waals surface area contributed by atoms with Crippen LogP contribution in [0.1, 0.15) is 28.8 Å². The van der Waals surface area contributed by atoms with Gasteiger partial charge in [0.2, 0.25) is 0 Å². The topological polar surface area (TPSA) is 43.8 Å². The summed E-state index contributed by atoms with van der Waals surface area (Å²) in [6.45, 7) is 2.94. The predicted molar refractivity (Wildman–Crippen MR) is 82.4 cm³/mol. The molecule has 3 rings (SSSR count). The second kappa shape index (κ2) is 5.78. The average Bonchev–Trinajstić information content (AvgIpc) is 2.71. The molecule has 2 aliphatic rings. The lowest BCUT2D eigenvalue weighted by Crippen LogP contribution is -2.50. The van der Waals surface area contributed by atoms with Gasteiger partial charge in [-0.25, -0.2) is 4.79 Å². The molecule has 114 valence electrons. The minimum Gasteiger partial charge on any atom is -0.478 e. The lowest BCUT2D eigenvalue weighted by atomic mass is 9.91. The second-order valence-corrected chi connectivity index (χ2v) is 6.71. The molecule has 1 aromatic carbocycles. The standard InChI is InChI=1S/C17H24N2O2/c1-18(2)16-13-7-8-14(16)11-19(10-13)9-12-5-3-4-6-15(12)17(20)21/h3-6,13-14,16H,7-11H2,1-2H3,(H,20,21)/t13-,14+,16?. The molecule has 0 amide bonds. The number of benzene rings is 1. The highest BCUT2D eigenvalue weighted by Crippen LogP contribution is 2.39. The molecule has 2 fully saturated rings. The molecule has 1 unspecified atom stereocenters. The summed E-state index contributed by atoms with van der Waals surface area (Å²) in [7, 11) is 4.37. The van der Waals surface area contributed by atoms with Crippen LogP contribution in [0.4, 0.5) is 0 Å². The molecule has 1 saturated carbocycles. The van der Waals surface area contributed by atoms with Crippen LogP contribution in [0.5, 0.6) is 0 Å². The third-order valence-corrected chi connectivity index (χ3v) is 5.10. The molecule has 4 nitrogen and oxygen atoms in total. The van der Waals surface area contributed by atoms with E-state index in [4.69, 9.17) is 0 Å². The molecule has 1 heterocycles. The van der Waals surface area contributed by atoms with Crippen molar-refractivity contribution in [1.82, 2.24) is 9.80 Å². The maximum atomic E-state index is 11.3. The monoisotopic (exact) mass is 288 g/mol. The van der Waals surface area contributed by atoms with E-state index in [1.54, 1.807) is 12.1 Å². The van der Waals surface area contributed by atoms with Crippen LogP contribution >= 0.6 is 0 Å². The van der Waals surface area contributed by atoms with Crippen molar-refractivity contribution in [3.63, 3.8) is 0 Å². The zero-order valence-electron chi connectivity index (χ0n) is 12.8.